The molecule has 2 N–H and O–H groups in total. The summed E-state index contributed by atoms with van der Waals surface area (Å²) in [6.45, 7) is 7.21. The van der Waals surface area contributed by atoms with Crippen molar-refractivity contribution in [1.29, 1.82) is 0 Å². The van der Waals surface area contributed by atoms with Crippen LogP contribution in [0, 0.1) is 46.3 Å². The van der Waals surface area contributed by atoms with E-state index in [2.05, 4.69) is 20.8 Å². The quantitative estimate of drug-likeness (QED) is 0.0818. The fraction of sp³-hybridized carbons (Fsp3) is 0.757. The van der Waals surface area contributed by atoms with Crippen molar-refractivity contribution in [3.63, 3.8) is 0 Å². The van der Waals surface area contributed by atoms with Crippen LogP contribution >= 0.6 is 0 Å². The first-order chi connectivity index (χ1) is 21.2. The number of nitrogens with one attached hydrogen (secondary N) is 1. The van der Waals surface area contributed by atoms with E-state index in [1.807, 2.05) is 12.1 Å². The van der Waals surface area contributed by atoms with Crippen LogP contribution in [-0.2, 0) is 25.5 Å². The molecule has 0 spiro atoms. The molecule has 244 valence electrons. The Morgan fingerprint density at radius 2 is 1.66 bits per heavy atom. The highest BCUT2D eigenvalue weighted by Crippen LogP contribution is 2.68. The van der Waals surface area contributed by atoms with Gasteiger partial charge in [-0.05, 0) is 141 Å². The lowest BCUT2D eigenvalue weighted by atomic mass is 9.44. The topological polar surface area (TPSA) is 102 Å². The van der Waals surface area contributed by atoms with E-state index < -0.39 is 5.97 Å². The highest BCUT2D eigenvalue weighted by molar-refractivity contribution is 5.89. The second kappa shape index (κ2) is 14.3. The number of hydroxylamine groups is 1. The van der Waals surface area contributed by atoms with E-state index in [0.29, 0.717) is 41.1 Å². The second-order valence-corrected chi connectivity index (χ2v) is 15.2. The number of benzene rings is 1. The zero-order valence-electron chi connectivity index (χ0n) is 27.3. The fourth-order valence-corrected chi connectivity index (χ4v) is 10.6. The van der Waals surface area contributed by atoms with Gasteiger partial charge in [0, 0.05) is 12.8 Å². The Morgan fingerprint density at radius 1 is 0.886 bits per heavy atom. The van der Waals surface area contributed by atoms with Gasteiger partial charge in [-0.3, -0.25) is 14.8 Å². The Bertz CT molecular complexity index is 1150. The van der Waals surface area contributed by atoms with Gasteiger partial charge in [-0.25, -0.2) is 10.3 Å². The molecule has 0 bridgehead atoms. The minimum absolute atomic E-state index is 0.277. The van der Waals surface area contributed by atoms with Crippen LogP contribution in [0.15, 0.2) is 24.3 Å². The molecule has 8 atom stereocenters. The van der Waals surface area contributed by atoms with Crippen LogP contribution < -0.4 is 5.48 Å². The molecular weight excluding hydrogens is 554 g/mol. The summed E-state index contributed by atoms with van der Waals surface area (Å²) >= 11 is 0. The van der Waals surface area contributed by atoms with Gasteiger partial charge < -0.3 is 9.47 Å². The lowest BCUT2D eigenvalue weighted by molar-refractivity contribution is -0.152. The maximum Gasteiger partial charge on any atom is 0.340 e. The summed E-state index contributed by atoms with van der Waals surface area (Å²) in [6, 6.07) is 7.12. The van der Waals surface area contributed by atoms with Crippen LogP contribution in [0.3, 0.4) is 0 Å². The minimum atomic E-state index is -0.519. The molecule has 7 nitrogen and oxygen atoms in total. The molecule has 7 heteroatoms. The van der Waals surface area contributed by atoms with Crippen molar-refractivity contribution in [3.05, 3.63) is 35.4 Å². The standard InChI is InChI=1S/C37H55NO6/c1-25(30-18-19-31-29-17-16-28-9-6-7-22-36(28,2)32(29)21-23-37(30,31)3)11-20-34(40)43-24-44-35(41)27-14-12-26(13-15-27)8-4-5-10-33(39)38-42/h12-15,25,28-32,42H,4-11,16-24H2,1-3H3,(H,38,39)/t25-,28+,29?,30?,31?,32?,36+,37-/m1/s1. The zero-order valence-corrected chi connectivity index (χ0v) is 27.3. The van der Waals surface area contributed by atoms with Gasteiger partial charge in [0.25, 0.3) is 0 Å². The molecule has 0 aliphatic heterocycles. The summed E-state index contributed by atoms with van der Waals surface area (Å²) in [5.74, 6) is 3.55. The molecule has 1 aromatic rings. The third kappa shape index (κ3) is 7.03. The van der Waals surface area contributed by atoms with Crippen molar-refractivity contribution < 1.29 is 29.1 Å². The highest BCUT2D eigenvalue weighted by Gasteiger charge is 2.60. The number of amides is 1. The molecule has 4 saturated carbocycles. The van der Waals surface area contributed by atoms with Crippen LogP contribution in [-0.4, -0.2) is 29.8 Å². The van der Waals surface area contributed by atoms with E-state index in [1.165, 1.54) is 64.2 Å². The average molecular weight is 610 g/mol. The molecule has 0 heterocycles. The van der Waals surface area contributed by atoms with Gasteiger partial charge in [0.15, 0.2) is 0 Å². The lowest BCUT2D eigenvalue weighted by Crippen LogP contribution is -2.53. The van der Waals surface area contributed by atoms with Gasteiger partial charge in [0.2, 0.25) is 12.7 Å². The number of hydrogen-bond acceptors (Lipinski definition) is 6. The van der Waals surface area contributed by atoms with E-state index in [1.54, 1.807) is 17.6 Å². The summed E-state index contributed by atoms with van der Waals surface area (Å²) < 4.78 is 10.5. The molecule has 5 rings (SSSR count). The maximum atomic E-state index is 12.6. The van der Waals surface area contributed by atoms with Gasteiger partial charge in [0.1, 0.15) is 0 Å². The van der Waals surface area contributed by atoms with E-state index in [4.69, 9.17) is 14.7 Å². The number of carbonyl (C=O) groups is 3. The fourth-order valence-electron chi connectivity index (χ4n) is 10.6. The average Bonchev–Trinajstić information content (AvgIpc) is 3.39. The predicted molar refractivity (Wildman–Crippen MR) is 169 cm³/mol. The number of rotatable bonds is 12. The monoisotopic (exact) mass is 609 g/mol. The van der Waals surface area contributed by atoms with Crippen molar-refractivity contribution in [2.24, 2.45) is 46.3 Å². The summed E-state index contributed by atoms with van der Waals surface area (Å²) in [6.07, 6.45) is 17.7. The van der Waals surface area contributed by atoms with Gasteiger partial charge in [-0.1, -0.05) is 45.7 Å². The maximum absolute atomic E-state index is 12.6. The molecule has 4 unspecified atom stereocenters. The number of hydrogen-bond donors (Lipinski definition) is 2. The summed E-state index contributed by atoms with van der Waals surface area (Å²) in [4.78, 5) is 36.1. The summed E-state index contributed by atoms with van der Waals surface area (Å²) in [5, 5.41) is 8.55. The summed E-state index contributed by atoms with van der Waals surface area (Å²) in [5.41, 5.74) is 4.06. The highest BCUT2D eigenvalue weighted by atomic mass is 16.7. The van der Waals surface area contributed by atoms with Crippen LogP contribution in [0.5, 0.6) is 0 Å². The van der Waals surface area contributed by atoms with Crippen molar-refractivity contribution in [2.75, 3.05) is 6.79 Å². The van der Waals surface area contributed by atoms with Crippen LogP contribution in [0.2, 0.25) is 0 Å². The number of fused-ring (bicyclic) bond motifs is 5. The Balaban J connectivity index is 1.02. The van der Waals surface area contributed by atoms with Crippen molar-refractivity contribution in [3.8, 4) is 0 Å². The van der Waals surface area contributed by atoms with Crippen LogP contribution in [0.1, 0.15) is 133 Å². The molecule has 4 fully saturated rings. The van der Waals surface area contributed by atoms with Crippen molar-refractivity contribution in [1.82, 2.24) is 5.48 Å². The minimum Gasteiger partial charge on any atom is -0.428 e. The molecule has 1 amide bonds. The number of ether oxygens (including phenoxy) is 2. The number of unbranched alkanes of at least 4 members (excludes halogenated alkanes) is 1. The smallest absolute Gasteiger partial charge is 0.340 e. The first-order valence-corrected chi connectivity index (χ1v) is 17.5. The zero-order chi connectivity index (χ0) is 31.3. The third-order valence-electron chi connectivity index (χ3n) is 13.0. The Hall–Kier alpha value is -2.41. The van der Waals surface area contributed by atoms with E-state index >= 15 is 0 Å². The number of aryl methyl sites for hydroxylation is 1. The van der Waals surface area contributed by atoms with E-state index in [-0.39, 0.29) is 25.1 Å². The van der Waals surface area contributed by atoms with Gasteiger partial charge in [-0.2, -0.15) is 0 Å². The van der Waals surface area contributed by atoms with E-state index in [9.17, 15) is 14.4 Å². The van der Waals surface area contributed by atoms with Gasteiger partial charge in [0.05, 0.1) is 5.56 Å². The van der Waals surface area contributed by atoms with Gasteiger partial charge >= 0.3 is 11.9 Å². The third-order valence-corrected chi connectivity index (χ3v) is 13.0. The molecule has 0 radical (unpaired) electrons. The number of esters is 2. The van der Waals surface area contributed by atoms with Crippen LogP contribution in [0.25, 0.3) is 0 Å². The molecule has 0 saturated heterocycles. The first-order valence-electron chi connectivity index (χ1n) is 17.5. The molecular formula is C37H55NO6. The molecule has 44 heavy (non-hydrogen) atoms. The molecule has 4 aliphatic carbocycles. The summed E-state index contributed by atoms with van der Waals surface area (Å²) in [7, 11) is 0. The molecule has 1 aromatic carbocycles. The Morgan fingerprint density at radius 3 is 2.43 bits per heavy atom. The normalized spacial score (nSPS) is 33.3. The second-order valence-electron chi connectivity index (χ2n) is 15.2. The predicted octanol–water partition coefficient (Wildman–Crippen LogP) is 8.03. The van der Waals surface area contributed by atoms with E-state index in [0.717, 1.165) is 48.5 Å². The number of carbonyl (C=O) groups excluding carboxylic acids is 3. The Labute approximate surface area is 264 Å². The molecule has 4 aliphatic rings. The van der Waals surface area contributed by atoms with Crippen LogP contribution in [0.4, 0.5) is 0 Å². The van der Waals surface area contributed by atoms with Crippen molar-refractivity contribution in [2.45, 2.75) is 124 Å². The first kappa shape index (κ1) is 33.0. The Kier molecular flexibility index (Phi) is 10.7. The SMILES string of the molecule is C[C@H](CCC(=O)OCOC(=O)c1ccc(CCCCC(=O)NO)cc1)C1CCC2C3CC[C@@H]4CCCC[C@]4(C)C3CC[C@@]21C. The van der Waals surface area contributed by atoms with Gasteiger partial charge in [-0.15, -0.1) is 0 Å². The van der Waals surface area contributed by atoms with Crippen molar-refractivity contribution >= 4 is 17.8 Å². The lowest BCUT2D eigenvalue weighted by Gasteiger charge is -2.61. The largest absolute Gasteiger partial charge is 0.428 e. The molecule has 0 aromatic heterocycles.